The average Bonchev–Trinajstić information content (AvgIpc) is 1.96. The van der Waals surface area contributed by atoms with Crippen LogP contribution in [0.4, 0.5) is 0 Å². The first kappa shape index (κ1) is 13.2. The number of halogens is 3. The van der Waals surface area contributed by atoms with Crippen molar-refractivity contribution in [3.05, 3.63) is 0 Å². The van der Waals surface area contributed by atoms with Crippen LogP contribution in [-0.4, -0.2) is 24.0 Å². The summed E-state index contributed by atoms with van der Waals surface area (Å²) in [7, 11) is -1.34. The van der Waals surface area contributed by atoms with E-state index in [9.17, 15) is 0 Å². The van der Waals surface area contributed by atoms with Crippen molar-refractivity contribution in [1.29, 1.82) is 0 Å². The number of rotatable bonds is 6. The van der Waals surface area contributed by atoms with Crippen LogP contribution in [0.1, 0.15) is 13.8 Å². The Morgan fingerprint density at radius 3 is 1.67 bits per heavy atom. The van der Waals surface area contributed by atoms with Gasteiger partial charge >= 0.3 is 0 Å². The van der Waals surface area contributed by atoms with E-state index in [1.54, 1.807) is 0 Å². The fourth-order valence-electron chi connectivity index (χ4n) is 0.360. The molecule has 0 saturated carbocycles. The van der Waals surface area contributed by atoms with Crippen LogP contribution in [0.15, 0.2) is 0 Å². The van der Waals surface area contributed by atoms with Gasteiger partial charge in [0.15, 0.2) is 0 Å². The first-order chi connectivity index (χ1) is 5.52. The van der Waals surface area contributed by atoms with Crippen LogP contribution in [0.5, 0.6) is 0 Å². The zero-order valence-corrected chi connectivity index (χ0v) is 10.1. The maximum atomic E-state index is 5.67. The first-order valence-electron chi connectivity index (χ1n) is 3.52. The number of alkyl halides is 2. The molecule has 6 heteroatoms. The molecular weight excluding hydrogens is 241 g/mol. The maximum absolute atomic E-state index is 5.67. The van der Waals surface area contributed by atoms with Gasteiger partial charge in [0.25, 0.3) is 7.73 Å². The number of hydrogen-bond acceptors (Lipinski definition) is 2. The van der Waals surface area contributed by atoms with Crippen LogP contribution >= 0.6 is 42.2 Å². The summed E-state index contributed by atoms with van der Waals surface area (Å²) >= 11 is 16.9. The fourth-order valence-corrected chi connectivity index (χ4v) is 1.76. The van der Waals surface area contributed by atoms with Gasteiger partial charge in [-0.15, -0.1) is 23.2 Å². The van der Waals surface area contributed by atoms with Gasteiger partial charge < -0.3 is 9.05 Å². The van der Waals surface area contributed by atoms with Crippen LogP contribution in [0, 0.1) is 0 Å². The van der Waals surface area contributed by atoms with Crippen molar-refractivity contribution in [3.8, 4) is 0 Å². The summed E-state index contributed by atoms with van der Waals surface area (Å²) in [5, 5.41) is -0.100. The van der Waals surface area contributed by atoms with E-state index in [1.165, 1.54) is 0 Å². The molecule has 74 valence electrons. The highest BCUT2D eigenvalue weighted by Gasteiger charge is 2.09. The standard InChI is InChI=1S/C6H12Cl3O2P/c1-5(7)3-10-12(9)11-4-6(2)8/h5-6H,3-4H2,1-2H3. The Morgan fingerprint density at radius 2 is 1.42 bits per heavy atom. The lowest BCUT2D eigenvalue weighted by atomic mass is 10.5. The fraction of sp³-hybridized carbons (Fsp3) is 1.00. The van der Waals surface area contributed by atoms with Crippen molar-refractivity contribution in [2.75, 3.05) is 13.2 Å². The van der Waals surface area contributed by atoms with Crippen molar-refractivity contribution in [3.63, 3.8) is 0 Å². The molecule has 0 aromatic heterocycles. The Labute approximate surface area is 89.2 Å². The van der Waals surface area contributed by atoms with Crippen molar-refractivity contribution < 1.29 is 9.05 Å². The third kappa shape index (κ3) is 9.31. The maximum Gasteiger partial charge on any atom is 0.276 e. The number of hydrogen-bond donors (Lipinski definition) is 0. The second kappa shape index (κ2) is 7.61. The lowest BCUT2D eigenvalue weighted by Crippen LogP contribution is -2.04. The summed E-state index contributed by atoms with van der Waals surface area (Å²) in [6.07, 6.45) is 0. The Kier molecular flexibility index (Phi) is 8.38. The Hall–Kier alpha value is 1.22. The highest BCUT2D eigenvalue weighted by atomic mass is 35.7. The molecule has 0 N–H and O–H groups in total. The van der Waals surface area contributed by atoms with Crippen molar-refractivity contribution in [2.24, 2.45) is 0 Å². The minimum absolute atomic E-state index is 0.0502. The molecule has 0 rings (SSSR count). The van der Waals surface area contributed by atoms with Gasteiger partial charge in [-0.2, -0.15) is 0 Å². The Morgan fingerprint density at radius 1 is 1.08 bits per heavy atom. The molecule has 0 aromatic rings. The lowest BCUT2D eigenvalue weighted by molar-refractivity contribution is 0.264. The van der Waals surface area contributed by atoms with Crippen molar-refractivity contribution in [2.45, 2.75) is 24.6 Å². The zero-order chi connectivity index (χ0) is 9.56. The molecule has 0 aromatic carbocycles. The minimum Gasteiger partial charge on any atom is -0.321 e. The summed E-state index contributed by atoms with van der Waals surface area (Å²) in [5.74, 6) is 0. The highest BCUT2D eigenvalue weighted by Crippen LogP contribution is 2.44. The van der Waals surface area contributed by atoms with Crippen molar-refractivity contribution in [1.82, 2.24) is 0 Å². The van der Waals surface area contributed by atoms with Gasteiger partial charge in [-0.1, -0.05) is 0 Å². The molecule has 0 aliphatic rings. The Balaban J connectivity index is 3.27. The molecule has 2 atom stereocenters. The van der Waals surface area contributed by atoms with Crippen molar-refractivity contribution >= 4 is 42.2 Å². The monoisotopic (exact) mass is 252 g/mol. The van der Waals surface area contributed by atoms with E-state index in [-0.39, 0.29) is 10.8 Å². The minimum atomic E-state index is -1.34. The first-order valence-corrected chi connectivity index (χ1v) is 6.47. The summed E-state index contributed by atoms with van der Waals surface area (Å²) in [6.45, 7) is 4.44. The zero-order valence-electron chi connectivity index (χ0n) is 6.97. The summed E-state index contributed by atoms with van der Waals surface area (Å²) in [5.41, 5.74) is 0. The van der Waals surface area contributed by atoms with E-state index < -0.39 is 7.73 Å². The molecule has 0 bridgehead atoms. The van der Waals surface area contributed by atoms with E-state index in [0.717, 1.165) is 0 Å². The van der Waals surface area contributed by atoms with E-state index >= 15 is 0 Å². The predicted octanol–water partition coefficient (Wildman–Crippen LogP) is 3.74. The highest BCUT2D eigenvalue weighted by molar-refractivity contribution is 7.76. The van der Waals surface area contributed by atoms with Gasteiger partial charge in [-0.25, -0.2) is 0 Å². The lowest BCUT2D eigenvalue weighted by Gasteiger charge is -2.11. The molecule has 0 amide bonds. The van der Waals surface area contributed by atoms with Gasteiger partial charge in [0.05, 0.1) is 24.0 Å². The molecule has 0 heterocycles. The van der Waals surface area contributed by atoms with Crippen LogP contribution in [0.25, 0.3) is 0 Å². The van der Waals surface area contributed by atoms with Crippen LogP contribution in [0.2, 0.25) is 0 Å². The largest absolute Gasteiger partial charge is 0.321 e. The molecule has 0 spiro atoms. The van der Waals surface area contributed by atoms with Gasteiger partial charge in [0, 0.05) is 0 Å². The summed E-state index contributed by atoms with van der Waals surface area (Å²) < 4.78 is 10.1. The quantitative estimate of drug-likeness (QED) is 0.530. The van der Waals surface area contributed by atoms with Gasteiger partial charge in [0.1, 0.15) is 0 Å². The molecule has 0 saturated heterocycles. The summed E-state index contributed by atoms with van der Waals surface area (Å²) in [6, 6.07) is 0. The van der Waals surface area contributed by atoms with E-state index in [4.69, 9.17) is 43.5 Å². The second-order valence-electron chi connectivity index (χ2n) is 2.37. The smallest absolute Gasteiger partial charge is 0.276 e. The van der Waals surface area contributed by atoms with Crippen LogP contribution in [-0.2, 0) is 9.05 Å². The third-order valence-corrected chi connectivity index (χ3v) is 2.35. The molecule has 12 heavy (non-hydrogen) atoms. The molecule has 0 aliphatic carbocycles. The van der Waals surface area contributed by atoms with Gasteiger partial charge in [-0.05, 0) is 25.1 Å². The topological polar surface area (TPSA) is 18.5 Å². The normalized spacial score (nSPS) is 18.8. The molecule has 0 fully saturated rings. The van der Waals surface area contributed by atoms with Gasteiger partial charge in [-0.3, -0.25) is 0 Å². The van der Waals surface area contributed by atoms with Gasteiger partial charge in [0.2, 0.25) is 0 Å². The van der Waals surface area contributed by atoms with E-state index in [1.807, 2.05) is 13.8 Å². The summed E-state index contributed by atoms with van der Waals surface area (Å²) in [4.78, 5) is 0. The Bertz CT molecular complexity index is 101. The van der Waals surface area contributed by atoms with Crippen LogP contribution in [0.3, 0.4) is 0 Å². The molecule has 2 nitrogen and oxygen atoms in total. The molecule has 2 unspecified atom stereocenters. The second-order valence-corrected chi connectivity index (χ2v) is 5.63. The van der Waals surface area contributed by atoms with E-state index in [0.29, 0.717) is 13.2 Å². The molecular formula is C6H12Cl3O2P. The third-order valence-electron chi connectivity index (χ3n) is 0.811. The predicted molar refractivity (Wildman–Crippen MR) is 55.3 cm³/mol. The average molecular weight is 253 g/mol. The molecule has 0 radical (unpaired) electrons. The van der Waals surface area contributed by atoms with Crippen LogP contribution < -0.4 is 0 Å². The SMILES string of the molecule is CC(Cl)COP(Cl)OCC(C)Cl. The molecule has 0 aliphatic heterocycles. The van der Waals surface area contributed by atoms with E-state index in [2.05, 4.69) is 0 Å².